The van der Waals surface area contributed by atoms with E-state index >= 15 is 0 Å². The van der Waals surface area contributed by atoms with Crippen molar-refractivity contribution >= 4 is 0 Å². The molecule has 1 N–H and O–H groups in total. The largest absolute Gasteiger partial charge is 0.337 e. The van der Waals surface area contributed by atoms with Crippen molar-refractivity contribution in [1.82, 2.24) is 19.8 Å². The molecular formula is C15H19FN4. The maximum Gasteiger partial charge on any atom is 0.127 e. The number of imidazole rings is 1. The zero-order valence-corrected chi connectivity index (χ0v) is 11.6. The van der Waals surface area contributed by atoms with Crippen LogP contribution >= 0.6 is 0 Å². The summed E-state index contributed by atoms with van der Waals surface area (Å²) in [6.45, 7) is 3.28. The van der Waals surface area contributed by atoms with E-state index in [-0.39, 0.29) is 11.9 Å². The third-order valence-corrected chi connectivity index (χ3v) is 3.84. The summed E-state index contributed by atoms with van der Waals surface area (Å²) in [4.78, 5) is 6.73. The van der Waals surface area contributed by atoms with Crippen LogP contribution in [0.4, 0.5) is 4.39 Å². The number of benzene rings is 1. The molecule has 1 aromatic heterocycles. The number of nitrogens with zero attached hydrogens (tertiary/aromatic N) is 3. The quantitative estimate of drug-likeness (QED) is 0.925. The fourth-order valence-electron chi connectivity index (χ4n) is 2.73. The van der Waals surface area contributed by atoms with Crippen molar-refractivity contribution in [2.45, 2.75) is 12.6 Å². The number of halogens is 1. The van der Waals surface area contributed by atoms with Crippen LogP contribution in [-0.4, -0.2) is 34.1 Å². The summed E-state index contributed by atoms with van der Waals surface area (Å²) in [5.74, 6) is 0.887. The summed E-state index contributed by atoms with van der Waals surface area (Å²) in [5, 5.41) is 3.39. The Bertz CT molecular complexity index is 581. The third-order valence-electron chi connectivity index (χ3n) is 3.84. The molecule has 1 fully saturated rings. The molecule has 106 valence electrons. The van der Waals surface area contributed by atoms with Gasteiger partial charge in [-0.25, -0.2) is 9.37 Å². The Kier molecular flexibility index (Phi) is 3.80. The van der Waals surface area contributed by atoms with Crippen LogP contribution in [0.2, 0.25) is 0 Å². The molecule has 0 saturated carbocycles. The second kappa shape index (κ2) is 5.73. The van der Waals surface area contributed by atoms with E-state index in [0.29, 0.717) is 6.54 Å². The Hall–Kier alpha value is -1.72. The molecule has 1 atom stereocenters. The Labute approximate surface area is 118 Å². The Morgan fingerprint density at radius 3 is 3.00 bits per heavy atom. The third kappa shape index (κ3) is 2.59. The highest BCUT2D eigenvalue weighted by Gasteiger charge is 2.27. The van der Waals surface area contributed by atoms with Crippen LogP contribution in [0.1, 0.15) is 17.4 Å². The highest BCUT2D eigenvalue weighted by atomic mass is 19.1. The number of aryl methyl sites for hydroxylation is 1. The van der Waals surface area contributed by atoms with Crippen molar-refractivity contribution < 1.29 is 4.39 Å². The summed E-state index contributed by atoms with van der Waals surface area (Å²) in [6.07, 6.45) is 3.76. The number of piperazine rings is 1. The molecule has 1 saturated heterocycles. The molecule has 0 spiro atoms. The molecule has 0 bridgehead atoms. The number of hydrogen-bond donors (Lipinski definition) is 1. The zero-order chi connectivity index (χ0) is 13.9. The summed E-state index contributed by atoms with van der Waals surface area (Å²) in [6, 6.07) is 7.17. The van der Waals surface area contributed by atoms with Crippen LogP contribution in [0.15, 0.2) is 36.7 Å². The second-order valence-electron chi connectivity index (χ2n) is 5.18. The molecule has 20 heavy (non-hydrogen) atoms. The van der Waals surface area contributed by atoms with Crippen molar-refractivity contribution in [2.75, 3.05) is 19.6 Å². The van der Waals surface area contributed by atoms with E-state index in [1.807, 2.05) is 36.1 Å². The minimum absolute atomic E-state index is 0.135. The van der Waals surface area contributed by atoms with Crippen molar-refractivity contribution in [1.29, 1.82) is 0 Å². The van der Waals surface area contributed by atoms with Gasteiger partial charge in [0, 0.05) is 51.2 Å². The summed E-state index contributed by atoms with van der Waals surface area (Å²) in [7, 11) is 2.00. The van der Waals surface area contributed by atoms with Gasteiger partial charge in [0.05, 0.1) is 6.04 Å². The zero-order valence-electron chi connectivity index (χ0n) is 11.6. The van der Waals surface area contributed by atoms with Crippen LogP contribution in [0.25, 0.3) is 0 Å². The Morgan fingerprint density at radius 2 is 2.25 bits per heavy atom. The molecule has 0 aliphatic carbocycles. The number of rotatable bonds is 3. The molecule has 3 rings (SSSR count). The highest BCUT2D eigenvalue weighted by Crippen LogP contribution is 2.23. The first-order valence-electron chi connectivity index (χ1n) is 6.91. The van der Waals surface area contributed by atoms with Gasteiger partial charge >= 0.3 is 0 Å². The molecule has 0 amide bonds. The molecule has 5 heteroatoms. The predicted octanol–water partition coefficient (Wildman–Crippen LogP) is 1.71. The first kappa shape index (κ1) is 13.3. The second-order valence-corrected chi connectivity index (χ2v) is 5.18. The standard InChI is InChI=1S/C15H19FN4/c1-19-8-7-18-15(19)14-10-17-6-9-20(14)11-12-4-2-3-5-13(12)16/h2-5,7-8,14,17H,6,9-11H2,1H3. The van der Waals surface area contributed by atoms with Crippen molar-refractivity contribution in [2.24, 2.45) is 7.05 Å². The first-order chi connectivity index (χ1) is 9.75. The highest BCUT2D eigenvalue weighted by molar-refractivity contribution is 5.18. The molecule has 1 aliphatic rings. The lowest BCUT2D eigenvalue weighted by Gasteiger charge is -2.35. The lowest BCUT2D eigenvalue weighted by molar-refractivity contribution is 0.143. The average molecular weight is 274 g/mol. The van der Waals surface area contributed by atoms with Gasteiger partial charge in [0.25, 0.3) is 0 Å². The van der Waals surface area contributed by atoms with Gasteiger partial charge in [-0.1, -0.05) is 18.2 Å². The van der Waals surface area contributed by atoms with E-state index in [0.717, 1.165) is 31.0 Å². The van der Waals surface area contributed by atoms with Crippen molar-refractivity contribution in [3.63, 3.8) is 0 Å². The van der Waals surface area contributed by atoms with Crippen LogP contribution < -0.4 is 5.32 Å². The van der Waals surface area contributed by atoms with Gasteiger partial charge in [-0.05, 0) is 6.07 Å². The van der Waals surface area contributed by atoms with Gasteiger partial charge in [0.2, 0.25) is 0 Å². The minimum Gasteiger partial charge on any atom is -0.337 e. The van der Waals surface area contributed by atoms with Crippen LogP contribution in [0.5, 0.6) is 0 Å². The molecule has 1 aliphatic heterocycles. The molecule has 2 heterocycles. The normalized spacial score (nSPS) is 20.2. The van der Waals surface area contributed by atoms with Gasteiger partial charge in [-0.2, -0.15) is 0 Å². The van der Waals surface area contributed by atoms with Gasteiger partial charge < -0.3 is 9.88 Å². The topological polar surface area (TPSA) is 33.1 Å². The summed E-state index contributed by atoms with van der Waals surface area (Å²) < 4.78 is 15.9. The van der Waals surface area contributed by atoms with E-state index in [1.165, 1.54) is 6.07 Å². The Morgan fingerprint density at radius 1 is 1.40 bits per heavy atom. The Balaban J connectivity index is 1.83. The predicted molar refractivity (Wildman–Crippen MR) is 75.6 cm³/mol. The smallest absolute Gasteiger partial charge is 0.127 e. The van der Waals surface area contributed by atoms with E-state index < -0.39 is 0 Å². The summed E-state index contributed by atoms with van der Waals surface area (Å²) in [5.41, 5.74) is 0.744. The van der Waals surface area contributed by atoms with Gasteiger partial charge in [0.1, 0.15) is 11.6 Å². The molecule has 1 unspecified atom stereocenters. The maximum atomic E-state index is 13.8. The fourth-order valence-corrected chi connectivity index (χ4v) is 2.73. The van der Waals surface area contributed by atoms with Crippen LogP contribution in [0, 0.1) is 5.82 Å². The van der Waals surface area contributed by atoms with Crippen LogP contribution in [0.3, 0.4) is 0 Å². The van der Waals surface area contributed by atoms with Gasteiger partial charge in [0.15, 0.2) is 0 Å². The van der Waals surface area contributed by atoms with Gasteiger partial charge in [-0.3, -0.25) is 4.90 Å². The molecule has 2 aromatic rings. The van der Waals surface area contributed by atoms with E-state index in [2.05, 4.69) is 15.2 Å². The van der Waals surface area contributed by atoms with E-state index in [4.69, 9.17) is 0 Å². The number of hydrogen-bond acceptors (Lipinski definition) is 3. The number of nitrogens with one attached hydrogen (secondary N) is 1. The van der Waals surface area contributed by atoms with E-state index in [9.17, 15) is 4.39 Å². The fraction of sp³-hybridized carbons (Fsp3) is 0.400. The molecule has 0 radical (unpaired) electrons. The lowest BCUT2D eigenvalue weighted by Crippen LogP contribution is -2.46. The average Bonchev–Trinajstić information content (AvgIpc) is 2.88. The monoisotopic (exact) mass is 274 g/mol. The molecular weight excluding hydrogens is 255 g/mol. The van der Waals surface area contributed by atoms with Crippen molar-refractivity contribution in [3.05, 3.63) is 53.9 Å². The van der Waals surface area contributed by atoms with Crippen molar-refractivity contribution in [3.8, 4) is 0 Å². The maximum absolute atomic E-state index is 13.8. The van der Waals surface area contributed by atoms with E-state index in [1.54, 1.807) is 6.07 Å². The SMILES string of the molecule is Cn1ccnc1C1CNCCN1Cc1ccccc1F. The first-order valence-corrected chi connectivity index (χ1v) is 6.91. The minimum atomic E-state index is -0.135. The summed E-state index contributed by atoms with van der Waals surface area (Å²) >= 11 is 0. The van der Waals surface area contributed by atoms with Crippen LogP contribution in [-0.2, 0) is 13.6 Å². The molecule has 1 aromatic carbocycles. The lowest BCUT2D eigenvalue weighted by atomic mass is 10.1. The van der Waals surface area contributed by atoms with Gasteiger partial charge in [-0.15, -0.1) is 0 Å². The molecule has 4 nitrogen and oxygen atoms in total. The number of aromatic nitrogens is 2.